The average Bonchev–Trinajstić information content (AvgIpc) is 2.68. The summed E-state index contributed by atoms with van der Waals surface area (Å²) in [5.74, 6) is -0.910. The minimum absolute atomic E-state index is 0.0149. The van der Waals surface area contributed by atoms with Crippen LogP contribution in [0.2, 0.25) is 0 Å². The SMILES string of the molecule is CC(C)C[C@H](C(=O)NC(C)C)N1C(=O)[C@H]2CC=CC[C@H]2C1=O. The molecule has 22 heavy (non-hydrogen) atoms. The summed E-state index contributed by atoms with van der Waals surface area (Å²) in [5, 5.41) is 2.85. The van der Waals surface area contributed by atoms with Gasteiger partial charge in [-0.1, -0.05) is 26.0 Å². The molecule has 0 spiro atoms. The van der Waals surface area contributed by atoms with Crippen LogP contribution < -0.4 is 5.32 Å². The number of carbonyl (C=O) groups is 3. The van der Waals surface area contributed by atoms with Crippen LogP contribution in [0.5, 0.6) is 0 Å². The maximum atomic E-state index is 12.7. The van der Waals surface area contributed by atoms with Gasteiger partial charge in [0.25, 0.3) is 0 Å². The van der Waals surface area contributed by atoms with Crippen molar-refractivity contribution in [3.8, 4) is 0 Å². The van der Waals surface area contributed by atoms with Crippen molar-refractivity contribution in [2.75, 3.05) is 0 Å². The van der Waals surface area contributed by atoms with Gasteiger partial charge in [-0.2, -0.15) is 0 Å². The lowest BCUT2D eigenvalue weighted by Crippen LogP contribution is -2.51. The molecule has 1 saturated heterocycles. The first-order valence-electron chi connectivity index (χ1n) is 8.15. The van der Waals surface area contributed by atoms with Gasteiger partial charge in [-0.25, -0.2) is 0 Å². The summed E-state index contributed by atoms with van der Waals surface area (Å²) in [7, 11) is 0. The van der Waals surface area contributed by atoms with Crippen molar-refractivity contribution in [2.24, 2.45) is 17.8 Å². The van der Waals surface area contributed by atoms with Crippen LogP contribution in [0.4, 0.5) is 0 Å². The van der Waals surface area contributed by atoms with E-state index in [1.165, 1.54) is 4.90 Å². The van der Waals surface area contributed by atoms with E-state index >= 15 is 0 Å². The molecule has 1 aliphatic heterocycles. The molecule has 5 nitrogen and oxygen atoms in total. The maximum absolute atomic E-state index is 12.7. The predicted octanol–water partition coefficient (Wildman–Crippen LogP) is 1.88. The Kier molecular flexibility index (Phi) is 5.04. The van der Waals surface area contributed by atoms with Crippen molar-refractivity contribution in [3.63, 3.8) is 0 Å². The first kappa shape index (κ1) is 16.7. The number of amides is 3. The van der Waals surface area contributed by atoms with Crippen LogP contribution in [0.1, 0.15) is 47.0 Å². The number of rotatable bonds is 5. The minimum atomic E-state index is -0.687. The molecule has 2 rings (SSSR count). The van der Waals surface area contributed by atoms with Crippen LogP contribution in [0.3, 0.4) is 0 Å². The van der Waals surface area contributed by atoms with Crippen molar-refractivity contribution in [1.82, 2.24) is 10.2 Å². The second-order valence-electron chi connectivity index (χ2n) is 7.01. The molecule has 0 saturated carbocycles. The number of nitrogens with one attached hydrogen (secondary N) is 1. The quantitative estimate of drug-likeness (QED) is 0.623. The highest BCUT2D eigenvalue weighted by Crippen LogP contribution is 2.37. The van der Waals surface area contributed by atoms with E-state index in [0.29, 0.717) is 19.3 Å². The Balaban J connectivity index is 2.25. The number of fused-ring (bicyclic) bond motifs is 1. The molecule has 2 aliphatic rings. The average molecular weight is 306 g/mol. The largest absolute Gasteiger partial charge is 0.352 e. The standard InChI is InChI=1S/C17H26N2O3/c1-10(2)9-14(15(20)18-11(3)4)19-16(21)12-7-5-6-8-13(12)17(19)22/h5-6,10-14H,7-9H2,1-4H3,(H,18,20)/t12-,13+,14-/m1/s1. The fourth-order valence-electron chi connectivity index (χ4n) is 3.29. The normalized spacial score (nSPS) is 25.8. The van der Waals surface area contributed by atoms with Gasteiger partial charge in [0.05, 0.1) is 11.8 Å². The van der Waals surface area contributed by atoms with Crippen molar-refractivity contribution in [2.45, 2.75) is 59.0 Å². The van der Waals surface area contributed by atoms with Crippen LogP contribution in [-0.2, 0) is 14.4 Å². The highest BCUT2D eigenvalue weighted by molar-refractivity contribution is 6.08. The third-order valence-electron chi connectivity index (χ3n) is 4.28. The van der Waals surface area contributed by atoms with Gasteiger partial charge in [0.2, 0.25) is 17.7 Å². The molecule has 1 fully saturated rings. The molecule has 1 aliphatic carbocycles. The van der Waals surface area contributed by atoms with Gasteiger partial charge in [-0.3, -0.25) is 19.3 Å². The second kappa shape index (κ2) is 6.63. The van der Waals surface area contributed by atoms with Gasteiger partial charge in [0.1, 0.15) is 6.04 Å². The number of carbonyl (C=O) groups excluding carboxylic acids is 3. The first-order valence-corrected chi connectivity index (χ1v) is 8.15. The first-order chi connectivity index (χ1) is 10.3. The lowest BCUT2D eigenvalue weighted by Gasteiger charge is -2.28. The van der Waals surface area contributed by atoms with Crippen molar-refractivity contribution in [1.29, 1.82) is 0 Å². The van der Waals surface area contributed by atoms with E-state index in [1.807, 2.05) is 39.8 Å². The van der Waals surface area contributed by atoms with Gasteiger partial charge in [0, 0.05) is 6.04 Å². The lowest BCUT2D eigenvalue weighted by atomic mass is 9.85. The summed E-state index contributed by atoms with van der Waals surface area (Å²) in [6.07, 6.45) is 5.63. The minimum Gasteiger partial charge on any atom is -0.352 e. The van der Waals surface area contributed by atoms with Gasteiger partial charge in [-0.15, -0.1) is 0 Å². The highest BCUT2D eigenvalue weighted by atomic mass is 16.2. The number of nitrogens with zero attached hydrogens (tertiary/aromatic N) is 1. The summed E-state index contributed by atoms with van der Waals surface area (Å²) in [5.41, 5.74) is 0. The topological polar surface area (TPSA) is 66.5 Å². The lowest BCUT2D eigenvalue weighted by molar-refractivity contribution is -0.148. The molecule has 0 aromatic heterocycles. The molecular weight excluding hydrogens is 280 g/mol. The second-order valence-corrected chi connectivity index (χ2v) is 7.01. The highest BCUT2D eigenvalue weighted by Gasteiger charge is 2.51. The van der Waals surface area contributed by atoms with Crippen molar-refractivity contribution < 1.29 is 14.4 Å². The van der Waals surface area contributed by atoms with Gasteiger partial charge >= 0.3 is 0 Å². The molecule has 3 atom stereocenters. The molecule has 1 N–H and O–H groups in total. The van der Waals surface area contributed by atoms with Crippen LogP contribution >= 0.6 is 0 Å². The van der Waals surface area contributed by atoms with E-state index in [2.05, 4.69) is 5.32 Å². The smallest absolute Gasteiger partial charge is 0.243 e. The summed E-state index contributed by atoms with van der Waals surface area (Å²) < 4.78 is 0. The molecule has 0 radical (unpaired) electrons. The van der Waals surface area contributed by atoms with Crippen LogP contribution in [0, 0.1) is 17.8 Å². The molecule has 0 bridgehead atoms. The summed E-state index contributed by atoms with van der Waals surface area (Å²) in [4.78, 5) is 39.1. The van der Waals surface area contributed by atoms with Gasteiger partial charge in [0.15, 0.2) is 0 Å². The molecule has 0 unspecified atom stereocenters. The summed E-state index contributed by atoms with van der Waals surface area (Å²) >= 11 is 0. The van der Waals surface area contributed by atoms with Crippen molar-refractivity contribution >= 4 is 17.7 Å². The number of likely N-dealkylation sites (tertiary alicyclic amines) is 1. The predicted molar refractivity (Wildman–Crippen MR) is 83.7 cm³/mol. The third-order valence-corrected chi connectivity index (χ3v) is 4.28. The Bertz CT molecular complexity index is 470. The molecular formula is C17H26N2O3. The van der Waals surface area contributed by atoms with Crippen LogP contribution in [-0.4, -0.2) is 34.7 Å². The third kappa shape index (κ3) is 3.23. The van der Waals surface area contributed by atoms with E-state index in [4.69, 9.17) is 0 Å². The summed E-state index contributed by atoms with van der Waals surface area (Å²) in [6, 6.07) is -0.702. The van der Waals surface area contributed by atoms with E-state index in [1.54, 1.807) is 0 Å². The Morgan fingerprint density at radius 3 is 2.05 bits per heavy atom. The Labute approximate surface area is 132 Å². The number of hydrogen-bond acceptors (Lipinski definition) is 3. The van der Waals surface area contributed by atoms with Gasteiger partial charge in [-0.05, 0) is 39.0 Å². The van der Waals surface area contributed by atoms with Crippen LogP contribution in [0.25, 0.3) is 0 Å². The van der Waals surface area contributed by atoms with E-state index in [9.17, 15) is 14.4 Å². The Hall–Kier alpha value is -1.65. The van der Waals surface area contributed by atoms with Crippen molar-refractivity contribution in [3.05, 3.63) is 12.2 Å². The Morgan fingerprint density at radius 2 is 1.64 bits per heavy atom. The molecule has 3 amide bonds. The fraction of sp³-hybridized carbons (Fsp3) is 0.706. The number of hydrogen-bond donors (Lipinski definition) is 1. The maximum Gasteiger partial charge on any atom is 0.243 e. The van der Waals surface area contributed by atoms with E-state index in [-0.39, 0.29) is 41.5 Å². The molecule has 1 heterocycles. The van der Waals surface area contributed by atoms with E-state index in [0.717, 1.165) is 0 Å². The zero-order chi connectivity index (χ0) is 16.4. The molecule has 5 heteroatoms. The molecule has 0 aromatic rings. The molecule has 0 aromatic carbocycles. The Morgan fingerprint density at radius 1 is 1.14 bits per heavy atom. The van der Waals surface area contributed by atoms with Crippen LogP contribution in [0.15, 0.2) is 12.2 Å². The molecule has 122 valence electrons. The van der Waals surface area contributed by atoms with Gasteiger partial charge < -0.3 is 5.32 Å². The fourth-order valence-corrected chi connectivity index (χ4v) is 3.29. The summed E-state index contributed by atoms with van der Waals surface area (Å²) in [6.45, 7) is 7.74. The van der Waals surface area contributed by atoms with E-state index < -0.39 is 6.04 Å². The monoisotopic (exact) mass is 306 g/mol. The number of imide groups is 1. The zero-order valence-electron chi connectivity index (χ0n) is 13.8. The number of allylic oxidation sites excluding steroid dienone is 2. The zero-order valence-corrected chi connectivity index (χ0v) is 13.8.